The maximum atomic E-state index is 12.4. The quantitative estimate of drug-likeness (QED) is 0.873. The van der Waals surface area contributed by atoms with Gasteiger partial charge in [0.05, 0.1) is 5.69 Å². The van der Waals surface area contributed by atoms with E-state index in [1.54, 1.807) is 22.8 Å². The fourth-order valence-corrected chi connectivity index (χ4v) is 3.76. The first-order chi connectivity index (χ1) is 12.6. The van der Waals surface area contributed by atoms with Gasteiger partial charge in [0.25, 0.3) is 5.91 Å². The van der Waals surface area contributed by atoms with E-state index in [-0.39, 0.29) is 17.7 Å². The highest BCUT2D eigenvalue weighted by atomic mass is 16.5. The lowest BCUT2D eigenvalue weighted by Gasteiger charge is -2.37. The van der Waals surface area contributed by atoms with Crippen molar-refractivity contribution in [1.29, 1.82) is 0 Å². The molecule has 2 fully saturated rings. The number of likely N-dealkylation sites (N-methyl/N-ethyl adjacent to an activating group) is 1. The molecule has 3 amide bonds. The van der Waals surface area contributed by atoms with Crippen molar-refractivity contribution in [2.45, 2.75) is 39.2 Å². The van der Waals surface area contributed by atoms with Crippen molar-refractivity contribution in [3.8, 4) is 0 Å². The van der Waals surface area contributed by atoms with Crippen molar-refractivity contribution in [2.24, 2.45) is 0 Å². The van der Waals surface area contributed by atoms with Crippen LogP contribution in [0.1, 0.15) is 42.4 Å². The lowest BCUT2D eigenvalue weighted by molar-refractivity contribution is 0.0622. The molecule has 1 aromatic rings. The monoisotopic (exact) mass is 363 g/mol. The first-order valence-corrected chi connectivity index (χ1v) is 9.58. The zero-order chi connectivity index (χ0) is 18.5. The number of carbonyl (C=O) groups is 2. The summed E-state index contributed by atoms with van der Waals surface area (Å²) in [6.07, 6.45) is 3.63. The minimum absolute atomic E-state index is 0.0331. The van der Waals surface area contributed by atoms with Crippen molar-refractivity contribution < 1.29 is 14.1 Å². The van der Waals surface area contributed by atoms with Gasteiger partial charge in [-0.3, -0.25) is 9.69 Å². The van der Waals surface area contributed by atoms with Crippen LogP contribution in [-0.4, -0.2) is 83.6 Å². The highest BCUT2D eigenvalue weighted by Crippen LogP contribution is 2.16. The molecule has 2 aliphatic rings. The maximum Gasteiger partial charge on any atom is 0.317 e. The van der Waals surface area contributed by atoms with E-state index in [1.165, 1.54) is 12.8 Å². The number of hydrogen-bond acceptors (Lipinski definition) is 5. The van der Waals surface area contributed by atoms with Crippen LogP contribution in [0.25, 0.3) is 0 Å². The van der Waals surface area contributed by atoms with Crippen LogP contribution in [0, 0.1) is 6.92 Å². The van der Waals surface area contributed by atoms with Crippen LogP contribution in [0.5, 0.6) is 0 Å². The summed E-state index contributed by atoms with van der Waals surface area (Å²) in [6, 6.07) is 2.05. The molecule has 0 aliphatic carbocycles. The van der Waals surface area contributed by atoms with Crippen LogP contribution in [-0.2, 0) is 0 Å². The number of piperazine rings is 1. The van der Waals surface area contributed by atoms with Crippen molar-refractivity contribution >= 4 is 11.9 Å². The Morgan fingerprint density at radius 2 is 1.92 bits per heavy atom. The molecule has 0 radical (unpaired) electrons. The predicted molar refractivity (Wildman–Crippen MR) is 97.0 cm³/mol. The molecular weight excluding hydrogens is 334 g/mol. The minimum atomic E-state index is -0.161. The topological polar surface area (TPSA) is 81.9 Å². The molecule has 1 aromatic heterocycles. The number of nitrogens with one attached hydrogen (secondary N) is 1. The molecule has 0 bridgehead atoms. The smallest absolute Gasteiger partial charge is 0.317 e. The summed E-state index contributed by atoms with van der Waals surface area (Å²) in [4.78, 5) is 30.8. The van der Waals surface area contributed by atoms with Crippen molar-refractivity contribution in [2.75, 3.05) is 45.8 Å². The zero-order valence-electron chi connectivity index (χ0n) is 15.7. The van der Waals surface area contributed by atoms with Gasteiger partial charge in [0.2, 0.25) is 5.76 Å². The van der Waals surface area contributed by atoms with Crippen molar-refractivity contribution in [3.63, 3.8) is 0 Å². The second-order valence-electron chi connectivity index (χ2n) is 7.08. The molecule has 0 aromatic carbocycles. The molecule has 0 saturated carbocycles. The summed E-state index contributed by atoms with van der Waals surface area (Å²) in [5, 5.41) is 6.84. The molecule has 1 atom stereocenters. The number of urea groups is 1. The summed E-state index contributed by atoms with van der Waals surface area (Å²) in [5.74, 6) is 0.101. The van der Waals surface area contributed by atoms with Crippen LogP contribution in [0.15, 0.2) is 10.6 Å². The number of piperidine rings is 1. The van der Waals surface area contributed by atoms with E-state index in [2.05, 4.69) is 22.3 Å². The Labute approximate surface area is 154 Å². The van der Waals surface area contributed by atoms with Crippen LogP contribution in [0.2, 0.25) is 0 Å². The second kappa shape index (κ2) is 8.53. The molecule has 26 heavy (non-hydrogen) atoms. The van der Waals surface area contributed by atoms with Crippen molar-refractivity contribution in [3.05, 3.63) is 17.5 Å². The van der Waals surface area contributed by atoms with Gasteiger partial charge >= 0.3 is 6.03 Å². The third kappa shape index (κ3) is 4.35. The third-order valence-electron chi connectivity index (χ3n) is 5.34. The zero-order valence-corrected chi connectivity index (χ0v) is 15.7. The molecule has 8 nitrogen and oxygen atoms in total. The Kier molecular flexibility index (Phi) is 6.13. The molecule has 3 rings (SSSR count). The number of aromatic nitrogens is 1. The number of rotatable bonds is 4. The van der Waals surface area contributed by atoms with E-state index in [0.29, 0.717) is 44.5 Å². The maximum absolute atomic E-state index is 12.4. The lowest BCUT2D eigenvalue weighted by Crippen LogP contribution is -2.55. The summed E-state index contributed by atoms with van der Waals surface area (Å²) in [5.41, 5.74) is 0.690. The first-order valence-electron chi connectivity index (χ1n) is 9.58. The second-order valence-corrected chi connectivity index (χ2v) is 7.08. The largest absolute Gasteiger partial charge is 0.351 e. The Morgan fingerprint density at radius 1 is 1.19 bits per heavy atom. The van der Waals surface area contributed by atoms with E-state index in [4.69, 9.17) is 4.52 Å². The number of hydrogen-bond donors (Lipinski definition) is 1. The van der Waals surface area contributed by atoms with E-state index in [9.17, 15) is 9.59 Å². The molecule has 2 aliphatic heterocycles. The molecule has 144 valence electrons. The van der Waals surface area contributed by atoms with Gasteiger partial charge in [-0.2, -0.15) is 0 Å². The predicted octanol–water partition coefficient (Wildman–Crippen LogP) is 1.32. The number of likely N-dealkylation sites (tertiary alicyclic amines) is 1. The summed E-state index contributed by atoms with van der Waals surface area (Å²) in [6.45, 7) is 8.90. The molecule has 0 unspecified atom stereocenters. The fourth-order valence-electron chi connectivity index (χ4n) is 3.76. The Morgan fingerprint density at radius 3 is 2.58 bits per heavy atom. The van der Waals surface area contributed by atoms with Gasteiger partial charge in [-0.1, -0.05) is 18.5 Å². The van der Waals surface area contributed by atoms with Gasteiger partial charge in [0.15, 0.2) is 0 Å². The molecular formula is C18H29N5O3. The van der Waals surface area contributed by atoms with Gasteiger partial charge in [-0.25, -0.2) is 4.79 Å². The van der Waals surface area contributed by atoms with Crippen LogP contribution in [0.3, 0.4) is 0 Å². The normalized spacial score (nSPS) is 21.7. The van der Waals surface area contributed by atoms with Crippen LogP contribution in [0.4, 0.5) is 4.79 Å². The highest BCUT2D eigenvalue weighted by molar-refractivity contribution is 5.91. The minimum Gasteiger partial charge on any atom is -0.351 e. The average molecular weight is 363 g/mol. The Hall–Kier alpha value is -2.09. The number of amides is 3. The standard InChI is InChI=1S/C18H29N5O3/c1-3-21-7-5-4-6-15(21)13-19-18(25)23-10-8-22(9-11-23)17(24)16-12-14(2)20-26-16/h12,15H,3-11,13H2,1-2H3,(H,19,25)/t15-/m1/s1. The molecule has 3 heterocycles. The molecule has 1 N–H and O–H groups in total. The van der Waals surface area contributed by atoms with E-state index >= 15 is 0 Å². The van der Waals surface area contributed by atoms with Gasteiger partial charge in [0.1, 0.15) is 0 Å². The SMILES string of the molecule is CCN1CCCC[C@@H]1CNC(=O)N1CCN(C(=O)c2cc(C)no2)CC1. The van der Waals surface area contributed by atoms with Crippen LogP contribution < -0.4 is 5.32 Å². The summed E-state index contributed by atoms with van der Waals surface area (Å²) in [7, 11) is 0. The average Bonchev–Trinajstić information content (AvgIpc) is 3.12. The summed E-state index contributed by atoms with van der Waals surface area (Å²) >= 11 is 0. The Bertz CT molecular complexity index is 624. The van der Waals surface area contributed by atoms with E-state index in [1.807, 2.05) is 0 Å². The first kappa shape index (κ1) is 18.7. The number of carbonyl (C=O) groups excluding carboxylic acids is 2. The van der Waals surface area contributed by atoms with Crippen LogP contribution >= 0.6 is 0 Å². The van der Waals surface area contributed by atoms with E-state index < -0.39 is 0 Å². The third-order valence-corrected chi connectivity index (χ3v) is 5.34. The number of nitrogens with zero attached hydrogens (tertiary/aromatic N) is 4. The van der Waals surface area contributed by atoms with Gasteiger partial charge in [-0.15, -0.1) is 0 Å². The van der Waals surface area contributed by atoms with Crippen molar-refractivity contribution in [1.82, 2.24) is 25.2 Å². The fraction of sp³-hybridized carbons (Fsp3) is 0.722. The lowest BCUT2D eigenvalue weighted by atomic mass is 10.0. The molecule has 0 spiro atoms. The molecule has 8 heteroatoms. The summed E-state index contributed by atoms with van der Waals surface area (Å²) < 4.78 is 5.04. The van der Waals surface area contributed by atoms with Gasteiger partial charge in [0, 0.05) is 44.8 Å². The highest BCUT2D eigenvalue weighted by Gasteiger charge is 2.28. The van der Waals surface area contributed by atoms with E-state index in [0.717, 1.165) is 19.5 Å². The van der Waals surface area contributed by atoms with Gasteiger partial charge in [-0.05, 0) is 32.9 Å². The van der Waals surface area contributed by atoms with Gasteiger partial charge < -0.3 is 19.6 Å². The molecule has 2 saturated heterocycles. The Balaban J connectivity index is 1.44. The number of aryl methyl sites for hydroxylation is 1.